The predicted octanol–water partition coefficient (Wildman–Crippen LogP) is 4.27. The molecule has 0 bridgehead atoms. The zero-order valence-electron chi connectivity index (χ0n) is 10.8. The van der Waals surface area contributed by atoms with Crippen LogP contribution < -0.4 is 0 Å². The summed E-state index contributed by atoms with van der Waals surface area (Å²) in [5.74, 6) is -0.378. The van der Waals surface area contributed by atoms with Crippen molar-refractivity contribution in [1.82, 2.24) is 0 Å². The molecule has 0 aliphatic heterocycles. The van der Waals surface area contributed by atoms with Crippen molar-refractivity contribution in [2.24, 2.45) is 0 Å². The van der Waals surface area contributed by atoms with Crippen LogP contribution in [-0.2, 0) is 6.42 Å². The number of carbonyl (C=O) groups is 1. The van der Waals surface area contributed by atoms with Crippen LogP contribution in [0.15, 0.2) is 36.4 Å². The largest absolute Gasteiger partial charge is 0.290 e. The summed E-state index contributed by atoms with van der Waals surface area (Å²) in [6.45, 7) is 2.10. The summed E-state index contributed by atoms with van der Waals surface area (Å²) in [4.78, 5) is 12.2. The molecule has 0 unspecified atom stereocenters. The number of halogens is 1. The Bertz CT molecular complexity index is 464. The third-order valence-electron chi connectivity index (χ3n) is 3.50. The first-order valence-corrected chi connectivity index (χ1v) is 6.66. The van der Waals surface area contributed by atoms with Gasteiger partial charge >= 0.3 is 0 Å². The van der Waals surface area contributed by atoms with Crippen LogP contribution in [0, 0.1) is 0 Å². The molecule has 1 aliphatic carbocycles. The van der Waals surface area contributed by atoms with E-state index >= 15 is 0 Å². The molecule has 1 aromatic rings. The van der Waals surface area contributed by atoms with E-state index in [1.807, 2.05) is 18.2 Å². The van der Waals surface area contributed by atoms with Crippen LogP contribution in [0.1, 0.15) is 48.5 Å². The van der Waals surface area contributed by atoms with Gasteiger partial charge in [0.05, 0.1) is 0 Å². The van der Waals surface area contributed by atoms with E-state index in [4.69, 9.17) is 0 Å². The van der Waals surface area contributed by atoms with Gasteiger partial charge in [0, 0.05) is 5.56 Å². The minimum absolute atomic E-state index is 0.269. The predicted molar refractivity (Wildman–Crippen MR) is 71.6 cm³/mol. The third-order valence-corrected chi connectivity index (χ3v) is 3.50. The van der Waals surface area contributed by atoms with Crippen molar-refractivity contribution in [3.05, 3.63) is 47.5 Å². The molecule has 0 aromatic heterocycles. The first-order chi connectivity index (χ1) is 8.67. The summed E-state index contributed by atoms with van der Waals surface area (Å²) in [7, 11) is 0. The van der Waals surface area contributed by atoms with Crippen molar-refractivity contribution in [1.29, 1.82) is 0 Å². The van der Waals surface area contributed by atoms with E-state index in [-0.39, 0.29) is 12.2 Å². The van der Waals surface area contributed by atoms with Gasteiger partial charge in [-0.15, -0.1) is 0 Å². The second kappa shape index (κ2) is 5.47. The molecule has 96 valence electrons. The van der Waals surface area contributed by atoms with Crippen molar-refractivity contribution < 1.29 is 9.18 Å². The maximum absolute atomic E-state index is 14.6. The fourth-order valence-electron chi connectivity index (χ4n) is 2.36. The summed E-state index contributed by atoms with van der Waals surface area (Å²) < 4.78 is 14.6. The summed E-state index contributed by atoms with van der Waals surface area (Å²) in [6.07, 6.45) is 7.16. The van der Waals surface area contributed by atoms with Crippen molar-refractivity contribution in [3.8, 4) is 0 Å². The van der Waals surface area contributed by atoms with Gasteiger partial charge in [-0.3, -0.25) is 4.79 Å². The Kier molecular flexibility index (Phi) is 3.95. The van der Waals surface area contributed by atoms with Crippen LogP contribution >= 0.6 is 0 Å². The summed E-state index contributed by atoms with van der Waals surface area (Å²) in [5.41, 5.74) is -0.272. The van der Waals surface area contributed by atoms with Crippen LogP contribution in [0.25, 0.3) is 0 Å². The second-order valence-corrected chi connectivity index (χ2v) is 4.89. The molecule has 0 spiro atoms. The van der Waals surface area contributed by atoms with E-state index in [2.05, 4.69) is 6.92 Å². The van der Waals surface area contributed by atoms with Crippen LogP contribution in [0.4, 0.5) is 4.39 Å². The zero-order valence-corrected chi connectivity index (χ0v) is 10.8. The monoisotopic (exact) mass is 246 g/mol. The van der Waals surface area contributed by atoms with E-state index in [1.54, 1.807) is 12.1 Å². The van der Waals surface area contributed by atoms with Crippen LogP contribution in [-0.4, -0.2) is 11.5 Å². The highest BCUT2D eigenvalue weighted by Gasteiger charge is 2.40. The highest BCUT2D eigenvalue weighted by Crippen LogP contribution is 2.33. The number of rotatable bonds is 4. The van der Waals surface area contributed by atoms with Gasteiger partial charge < -0.3 is 0 Å². The van der Waals surface area contributed by atoms with Gasteiger partial charge in [-0.25, -0.2) is 4.39 Å². The van der Waals surface area contributed by atoms with E-state index in [1.165, 1.54) is 6.08 Å². The Morgan fingerprint density at radius 1 is 1.39 bits per heavy atom. The van der Waals surface area contributed by atoms with Crippen molar-refractivity contribution in [2.75, 3.05) is 0 Å². The van der Waals surface area contributed by atoms with Crippen LogP contribution in [0.5, 0.6) is 0 Å². The Balaban J connectivity index is 2.17. The minimum Gasteiger partial charge on any atom is -0.290 e. The van der Waals surface area contributed by atoms with Crippen molar-refractivity contribution >= 4 is 5.78 Å². The number of benzene rings is 1. The fraction of sp³-hybridized carbons (Fsp3) is 0.438. The lowest BCUT2D eigenvalue weighted by atomic mass is 9.80. The molecule has 0 fully saturated rings. The first kappa shape index (κ1) is 13.0. The number of hydrogen-bond donors (Lipinski definition) is 0. The minimum atomic E-state index is -1.79. The average Bonchev–Trinajstić information content (AvgIpc) is 2.40. The van der Waals surface area contributed by atoms with E-state index in [0.717, 1.165) is 24.8 Å². The number of aryl methyl sites for hydroxylation is 1. The highest BCUT2D eigenvalue weighted by molar-refractivity contribution is 6.05. The molecule has 0 amide bonds. The summed E-state index contributed by atoms with van der Waals surface area (Å²) >= 11 is 0. The molecule has 2 heteroatoms. The van der Waals surface area contributed by atoms with Gasteiger partial charge in [0.2, 0.25) is 5.78 Å². The molecule has 2 rings (SSSR count). The maximum atomic E-state index is 14.6. The molecular weight excluding hydrogens is 227 g/mol. The Labute approximate surface area is 108 Å². The molecule has 1 aliphatic rings. The molecule has 0 saturated heterocycles. The topological polar surface area (TPSA) is 17.1 Å². The zero-order chi connectivity index (χ0) is 13.0. The lowest BCUT2D eigenvalue weighted by Gasteiger charge is -2.26. The standard InChI is InChI=1S/C16H19FO/c1-2-3-4-7-11-16(17)12-10-13-8-5-6-9-14(13)15(16)18/h5-9,11H,2-4,10,12H2,1H3/b11-7+/t16-/m0/s1. The molecular formula is C16H19FO. The number of alkyl halides is 1. The smallest absolute Gasteiger partial charge is 0.204 e. The molecule has 18 heavy (non-hydrogen) atoms. The number of ketones is 1. The highest BCUT2D eigenvalue weighted by atomic mass is 19.1. The molecule has 0 N–H and O–H groups in total. The quantitative estimate of drug-likeness (QED) is 0.572. The van der Waals surface area contributed by atoms with Crippen molar-refractivity contribution in [3.63, 3.8) is 0 Å². The van der Waals surface area contributed by atoms with Gasteiger partial charge in [-0.2, -0.15) is 0 Å². The van der Waals surface area contributed by atoms with Gasteiger partial charge in [-0.1, -0.05) is 50.1 Å². The lowest BCUT2D eigenvalue weighted by molar-refractivity contribution is 0.0744. The average molecular weight is 246 g/mol. The third kappa shape index (κ3) is 2.53. The molecule has 0 heterocycles. The van der Waals surface area contributed by atoms with E-state index in [9.17, 15) is 9.18 Å². The number of fused-ring (bicyclic) bond motifs is 1. The van der Waals surface area contributed by atoms with Gasteiger partial charge in [0.25, 0.3) is 0 Å². The van der Waals surface area contributed by atoms with Gasteiger partial charge in [0.15, 0.2) is 5.67 Å². The van der Waals surface area contributed by atoms with E-state index < -0.39 is 5.67 Å². The number of Topliss-reactive ketones (excluding diaryl/α,β-unsaturated/α-hetero) is 1. The summed E-state index contributed by atoms with van der Waals surface area (Å²) in [5, 5.41) is 0. The number of allylic oxidation sites excluding steroid dienone is 2. The fourth-order valence-corrected chi connectivity index (χ4v) is 2.36. The Hall–Kier alpha value is -1.44. The lowest BCUT2D eigenvalue weighted by Crippen LogP contribution is -2.36. The van der Waals surface area contributed by atoms with Crippen LogP contribution in [0.2, 0.25) is 0 Å². The molecule has 0 saturated carbocycles. The number of carbonyl (C=O) groups excluding carboxylic acids is 1. The SMILES string of the molecule is CCCC/C=C/[C@]1(F)CCc2ccccc2C1=O. The normalized spacial score (nSPS) is 23.3. The molecule has 1 aromatic carbocycles. The summed E-state index contributed by atoms with van der Waals surface area (Å²) in [6, 6.07) is 7.33. The number of hydrogen-bond acceptors (Lipinski definition) is 1. The van der Waals surface area contributed by atoms with Crippen LogP contribution in [0.3, 0.4) is 0 Å². The molecule has 1 atom stereocenters. The Morgan fingerprint density at radius 3 is 2.94 bits per heavy atom. The maximum Gasteiger partial charge on any atom is 0.204 e. The van der Waals surface area contributed by atoms with E-state index in [0.29, 0.717) is 12.0 Å². The molecule has 1 nitrogen and oxygen atoms in total. The van der Waals surface area contributed by atoms with Gasteiger partial charge in [0.1, 0.15) is 0 Å². The Morgan fingerprint density at radius 2 is 2.17 bits per heavy atom. The second-order valence-electron chi connectivity index (χ2n) is 4.89. The van der Waals surface area contributed by atoms with Crippen molar-refractivity contribution in [2.45, 2.75) is 44.7 Å². The van der Waals surface area contributed by atoms with Gasteiger partial charge in [-0.05, 0) is 30.9 Å². The number of unbranched alkanes of at least 4 members (excludes halogenated alkanes) is 2. The molecule has 0 radical (unpaired) electrons. The first-order valence-electron chi connectivity index (χ1n) is 6.66.